The van der Waals surface area contributed by atoms with Crippen LogP contribution in [0.3, 0.4) is 0 Å². The maximum atomic E-state index is 12.9. The van der Waals surface area contributed by atoms with E-state index >= 15 is 0 Å². The van der Waals surface area contributed by atoms with Crippen molar-refractivity contribution in [3.63, 3.8) is 0 Å². The van der Waals surface area contributed by atoms with Crippen molar-refractivity contribution < 1.29 is 14.6 Å². The number of phenolic OH excluding ortho intramolecular Hbond substituents is 1. The monoisotopic (exact) mass is 524 g/mol. The summed E-state index contributed by atoms with van der Waals surface area (Å²) in [5.41, 5.74) is 2.33. The minimum absolute atomic E-state index is 0.0139. The van der Waals surface area contributed by atoms with Crippen LogP contribution in [-0.2, 0) is 16.0 Å². The minimum atomic E-state index is -0.348. The summed E-state index contributed by atoms with van der Waals surface area (Å²) in [5.74, 6) is 2.32. The summed E-state index contributed by atoms with van der Waals surface area (Å²) in [6, 6.07) is 15.0. The van der Waals surface area contributed by atoms with Crippen LogP contribution in [0.5, 0.6) is 5.75 Å². The number of fused-ring (bicyclic) bond motifs is 6. The number of phenols is 1. The van der Waals surface area contributed by atoms with Crippen LogP contribution in [-0.4, -0.2) is 31.6 Å². The van der Waals surface area contributed by atoms with Crippen molar-refractivity contribution in [3.05, 3.63) is 53.6 Å². The Morgan fingerprint density at radius 2 is 1.76 bits per heavy atom. The Bertz CT molecular complexity index is 1130. The van der Waals surface area contributed by atoms with Crippen LogP contribution in [0, 0.1) is 22.7 Å². The predicted molar refractivity (Wildman–Crippen MR) is 136 cm³/mol. The van der Waals surface area contributed by atoms with E-state index in [9.17, 15) is 9.90 Å². The molecule has 3 aliphatic carbocycles. The zero-order valence-corrected chi connectivity index (χ0v) is 22.3. The van der Waals surface area contributed by atoms with Crippen molar-refractivity contribution in [2.75, 3.05) is 0 Å². The second-order valence-electron chi connectivity index (χ2n) is 12.1. The van der Waals surface area contributed by atoms with Crippen molar-refractivity contribution in [3.8, 4) is 5.75 Å². The molecule has 5 atom stereocenters. The molecule has 1 N–H and O–H groups in total. The van der Waals surface area contributed by atoms with Crippen LogP contribution in [0.25, 0.3) is 0 Å². The molecule has 1 aliphatic heterocycles. The van der Waals surface area contributed by atoms with E-state index in [1.807, 2.05) is 13.8 Å². The third-order valence-electron chi connectivity index (χ3n) is 10.1. The molecule has 3 fully saturated rings. The molecule has 2 saturated carbocycles. The van der Waals surface area contributed by atoms with Crippen LogP contribution in [0.15, 0.2) is 42.5 Å². The molecule has 4 aliphatic rings. The molecule has 4 heteroatoms. The van der Waals surface area contributed by atoms with Crippen molar-refractivity contribution in [2.24, 2.45) is 22.7 Å². The SMILES string of the molecule is CC1(C)CC[C@@]2(CCC3C4CCc5cc(O)c([Se]c6ccccc6)cc5C4CC[C@@]32C)OC1=O. The van der Waals surface area contributed by atoms with Gasteiger partial charge in [0.2, 0.25) is 0 Å². The average Bonchev–Trinajstić information content (AvgIpc) is 3.10. The van der Waals surface area contributed by atoms with Crippen molar-refractivity contribution in [1.82, 2.24) is 0 Å². The van der Waals surface area contributed by atoms with Crippen molar-refractivity contribution in [2.45, 2.75) is 83.7 Å². The second kappa shape index (κ2) is 7.87. The van der Waals surface area contributed by atoms with Crippen LogP contribution < -0.4 is 8.92 Å². The Labute approximate surface area is 209 Å². The molecule has 1 spiro atoms. The van der Waals surface area contributed by atoms with E-state index in [0.29, 0.717) is 23.5 Å². The maximum absolute atomic E-state index is 12.9. The van der Waals surface area contributed by atoms with Crippen LogP contribution in [0.2, 0.25) is 0 Å². The van der Waals surface area contributed by atoms with Gasteiger partial charge in [0, 0.05) is 0 Å². The third-order valence-corrected chi connectivity index (χ3v) is 12.3. The molecule has 0 radical (unpaired) electrons. The summed E-state index contributed by atoms with van der Waals surface area (Å²) in [7, 11) is 0. The number of hydrogen-bond acceptors (Lipinski definition) is 3. The summed E-state index contributed by atoms with van der Waals surface area (Å²) in [4.78, 5) is 12.9. The molecule has 2 aromatic carbocycles. The molecule has 180 valence electrons. The molecule has 0 aromatic heterocycles. The number of hydrogen-bond donors (Lipinski definition) is 1. The molecule has 1 heterocycles. The Hall–Kier alpha value is -1.77. The molecular weight excluding hydrogens is 487 g/mol. The Morgan fingerprint density at radius 3 is 2.53 bits per heavy atom. The average molecular weight is 524 g/mol. The van der Waals surface area contributed by atoms with Crippen LogP contribution in [0.4, 0.5) is 0 Å². The van der Waals surface area contributed by atoms with E-state index in [1.165, 1.54) is 28.4 Å². The molecule has 0 bridgehead atoms. The van der Waals surface area contributed by atoms with Gasteiger partial charge in [0.1, 0.15) is 0 Å². The fraction of sp³-hybridized carbons (Fsp3) is 0.567. The van der Waals surface area contributed by atoms with E-state index in [2.05, 4.69) is 49.4 Å². The van der Waals surface area contributed by atoms with E-state index in [-0.39, 0.29) is 37.4 Å². The quantitative estimate of drug-likeness (QED) is 0.445. The first kappa shape index (κ1) is 22.7. The van der Waals surface area contributed by atoms with Gasteiger partial charge in [-0.2, -0.15) is 0 Å². The first-order valence-corrected chi connectivity index (χ1v) is 14.8. The molecule has 0 amide bonds. The number of carbonyl (C=O) groups is 1. The fourth-order valence-corrected chi connectivity index (χ4v) is 9.82. The first-order chi connectivity index (χ1) is 16.2. The summed E-state index contributed by atoms with van der Waals surface area (Å²) >= 11 is 0.108. The normalized spacial score (nSPS) is 35.9. The van der Waals surface area contributed by atoms with Gasteiger partial charge in [-0.15, -0.1) is 0 Å². The molecule has 2 aromatic rings. The van der Waals surface area contributed by atoms with Gasteiger partial charge in [-0.3, -0.25) is 0 Å². The number of benzene rings is 2. The zero-order valence-electron chi connectivity index (χ0n) is 20.6. The molecular formula is C30H36O3Se. The van der Waals surface area contributed by atoms with E-state index in [0.717, 1.165) is 43.0 Å². The number of aryl methyl sites for hydroxylation is 1. The Balaban J connectivity index is 1.30. The number of ether oxygens (including phenoxy) is 1. The summed E-state index contributed by atoms with van der Waals surface area (Å²) in [5, 5.41) is 10.8. The van der Waals surface area contributed by atoms with Gasteiger partial charge in [-0.25, -0.2) is 0 Å². The van der Waals surface area contributed by atoms with Gasteiger partial charge in [-0.05, 0) is 0 Å². The van der Waals surface area contributed by atoms with E-state index in [4.69, 9.17) is 4.74 Å². The van der Waals surface area contributed by atoms with Crippen molar-refractivity contribution >= 4 is 29.8 Å². The van der Waals surface area contributed by atoms with Gasteiger partial charge in [0.25, 0.3) is 0 Å². The first-order valence-electron chi connectivity index (χ1n) is 13.0. The number of aromatic hydroxyl groups is 1. The molecule has 1 saturated heterocycles. The van der Waals surface area contributed by atoms with Gasteiger partial charge < -0.3 is 0 Å². The van der Waals surface area contributed by atoms with Gasteiger partial charge >= 0.3 is 210 Å². The summed E-state index contributed by atoms with van der Waals surface area (Å²) < 4.78 is 8.81. The number of rotatable bonds is 2. The number of esters is 1. The fourth-order valence-electron chi connectivity index (χ4n) is 7.94. The van der Waals surface area contributed by atoms with Gasteiger partial charge in [0.15, 0.2) is 0 Å². The predicted octanol–water partition coefficient (Wildman–Crippen LogP) is 5.01. The standard InChI is InChI=1S/C30H36O3Se/c1-28(2)15-16-30(33-27(28)32)14-12-24-22-10-9-19-17-25(31)26(34-20-7-5-4-6-8-20)18-23(19)21(22)11-13-29(24,30)3/h4-8,17-18,21-22,24,31H,9-16H2,1-3H3/t21?,22?,24?,29-,30+/m0/s1. The van der Waals surface area contributed by atoms with E-state index in [1.54, 1.807) is 0 Å². The van der Waals surface area contributed by atoms with Crippen molar-refractivity contribution in [1.29, 1.82) is 0 Å². The van der Waals surface area contributed by atoms with Crippen LogP contribution in [0.1, 0.15) is 82.8 Å². The third kappa shape index (κ3) is 3.32. The molecule has 3 nitrogen and oxygen atoms in total. The summed E-state index contributed by atoms with van der Waals surface area (Å²) in [6.07, 6.45) is 8.70. The number of carbonyl (C=O) groups excluding carboxylic acids is 1. The summed E-state index contributed by atoms with van der Waals surface area (Å²) in [6.45, 7) is 6.52. The zero-order chi connectivity index (χ0) is 23.7. The molecule has 34 heavy (non-hydrogen) atoms. The second-order valence-corrected chi connectivity index (χ2v) is 14.5. The van der Waals surface area contributed by atoms with Gasteiger partial charge in [-0.1, -0.05) is 0 Å². The Morgan fingerprint density at radius 1 is 0.971 bits per heavy atom. The topological polar surface area (TPSA) is 46.5 Å². The molecule has 6 rings (SSSR count). The van der Waals surface area contributed by atoms with Crippen LogP contribution >= 0.6 is 0 Å². The Kier molecular flexibility index (Phi) is 5.25. The molecule has 3 unspecified atom stereocenters. The van der Waals surface area contributed by atoms with E-state index < -0.39 is 0 Å². The van der Waals surface area contributed by atoms with Gasteiger partial charge in [0.05, 0.1) is 0 Å².